The molecule has 1 aromatic rings. The van der Waals surface area contributed by atoms with Crippen molar-refractivity contribution in [1.29, 1.82) is 0 Å². The maximum atomic E-state index is 10.9. The highest BCUT2D eigenvalue weighted by molar-refractivity contribution is 5.50. The summed E-state index contributed by atoms with van der Waals surface area (Å²) < 4.78 is 10.6. The van der Waals surface area contributed by atoms with Gasteiger partial charge in [0, 0.05) is 0 Å². The molecule has 0 bridgehead atoms. The number of benzene rings is 1. The van der Waals surface area contributed by atoms with Gasteiger partial charge in [0.1, 0.15) is 11.9 Å². The topological polar surface area (TPSA) is 61.6 Å². The zero-order valence-electron chi connectivity index (χ0n) is 10.2. The second-order valence-electron chi connectivity index (χ2n) is 4.11. The molecule has 1 aliphatic carbocycles. The number of nitro groups is 1. The molecule has 5 heteroatoms. The van der Waals surface area contributed by atoms with Crippen LogP contribution in [0.25, 0.3) is 0 Å². The molecule has 0 fully saturated rings. The lowest BCUT2D eigenvalue weighted by Gasteiger charge is -2.18. The zero-order valence-corrected chi connectivity index (χ0v) is 10.2. The van der Waals surface area contributed by atoms with Gasteiger partial charge in [-0.2, -0.15) is 0 Å². The van der Waals surface area contributed by atoms with Gasteiger partial charge in [0.15, 0.2) is 5.75 Å². The van der Waals surface area contributed by atoms with E-state index in [1.165, 1.54) is 13.2 Å². The fraction of sp³-hybridized carbons (Fsp3) is 0.385. The van der Waals surface area contributed by atoms with Gasteiger partial charge in [-0.1, -0.05) is 6.08 Å². The lowest BCUT2D eigenvalue weighted by atomic mass is 10.1. The van der Waals surface area contributed by atoms with Crippen molar-refractivity contribution < 1.29 is 14.4 Å². The molecule has 1 aromatic carbocycles. The number of nitrogens with zero attached hydrogens (tertiary/aromatic N) is 1. The number of ether oxygens (including phenoxy) is 2. The summed E-state index contributed by atoms with van der Waals surface area (Å²) in [5.41, 5.74) is -0.0743. The Morgan fingerprint density at radius 1 is 1.44 bits per heavy atom. The fourth-order valence-electron chi connectivity index (χ4n) is 1.94. The zero-order chi connectivity index (χ0) is 13.0. The third-order valence-electron chi connectivity index (χ3n) is 2.84. The van der Waals surface area contributed by atoms with Crippen molar-refractivity contribution in [3.05, 3.63) is 40.5 Å². The minimum absolute atomic E-state index is 0.00625. The van der Waals surface area contributed by atoms with E-state index in [9.17, 15) is 10.1 Å². The Labute approximate surface area is 105 Å². The van der Waals surface area contributed by atoms with Crippen molar-refractivity contribution in [3.63, 3.8) is 0 Å². The molecular weight excluding hydrogens is 234 g/mol. The second kappa shape index (κ2) is 5.53. The van der Waals surface area contributed by atoms with Crippen LogP contribution < -0.4 is 9.47 Å². The van der Waals surface area contributed by atoms with Gasteiger partial charge >= 0.3 is 5.69 Å². The van der Waals surface area contributed by atoms with Gasteiger partial charge in [-0.15, -0.1) is 0 Å². The van der Waals surface area contributed by atoms with E-state index in [-0.39, 0.29) is 17.5 Å². The Morgan fingerprint density at radius 2 is 2.28 bits per heavy atom. The van der Waals surface area contributed by atoms with Crippen molar-refractivity contribution in [2.24, 2.45) is 0 Å². The minimum Gasteiger partial charge on any atom is -0.490 e. The first-order chi connectivity index (χ1) is 8.70. The Morgan fingerprint density at radius 3 is 2.89 bits per heavy atom. The number of methoxy groups -OCH3 is 1. The summed E-state index contributed by atoms with van der Waals surface area (Å²) in [6.45, 7) is 0. The number of hydrogen-bond donors (Lipinski definition) is 0. The van der Waals surface area contributed by atoms with E-state index in [1.54, 1.807) is 12.1 Å². The van der Waals surface area contributed by atoms with Crippen molar-refractivity contribution in [3.8, 4) is 11.5 Å². The average molecular weight is 249 g/mol. The van der Waals surface area contributed by atoms with Crippen LogP contribution in [0.2, 0.25) is 0 Å². The molecule has 0 radical (unpaired) electrons. The third-order valence-corrected chi connectivity index (χ3v) is 2.84. The second-order valence-corrected chi connectivity index (χ2v) is 4.11. The van der Waals surface area contributed by atoms with Gasteiger partial charge in [0.25, 0.3) is 0 Å². The summed E-state index contributed by atoms with van der Waals surface area (Å²) >= 11 is 0. The van der Waals surface area contributed by atoms with Crippen LogP contribution >= 0.6 is 0 Å². The van der Waals surface area contributed by atoms with Crippen molar-refractivity contribution in [2.75, 3.05) is 7.11 Å². The first-order valence-corrected chi connectivity index (χ1v) is 5.86. The van der Waals surface area contributed by atoms with Crippen LogP contribution in [-0.2, 0) is 0 Å². The molecule has 2 rings (SSSR count). The molecule has 96 valence electrons. The summed E-state index contributed by atoms with van der Waals surface area (Å²) in [5.74, 6) is 0.741. The lowest BCUT2D eigenvalue weighted by Crippen LogP contribution is -2.15. The van der Waals surface area contributed by atoms with E-state index in [4.69, 9.17) is 9.47 Å². The van der Waals surface area contributed by atoms with E-state index >= 15 is 0 Å². The van der Waals surface area contributed by atoms with E-state index < -0.39 is 4.92 Å². The van der Waals surface area contributed by atoms with Crippen LogP contribution in [0, 0.1) is 10.1 Å². The van der Waals surface area contributed by atoms with E-state index in [2.05, 4.69) is 6.08 Å². The average Bonchev–Trinajstić information content (AvgIpc) is 2.40. The quantitative estimate of drug-likeness (QED) is 0.467. The Balaban J connectivity index is 2.18. The predicted octanol–water partition coefficient (Wildman–Crippen LogP) is 3.09. The largest absolute Gasteiger partial charge is 0.490 e. The highest BCUT2D eigenvalue weighted by Gasteiger charge is 2.17. The number of allylic oxidation sites excluding steroid dienone is 1. The molecule has 5 nitrogen and oxygen atoms in total. The van der Waals surface area contributed by atoms with E-state index in [0.717, 1.165) is 19.3 Å². The molecule has 0 saturated carbocycles. The molecule has 0 heterocycles. The van der Waals surface area contributed by atoms with Gasteiger partial charge < -0.3 is 9.47 Å². The highest BCUT2D eigenvalue weighted by Crippen LogP contribution is 2.31. The Bertz CT molecular complexity index is 470. The highest BCUT2D eigenvalue weighted by atomic mass is 16.6. The standard InChI is InChI=1S/C13H15NO4/c1-17-13-8-7-11(9-12(13)14(15)16)18-10-5-3-2-4-6-10/h3,5,7-10H,2,4,6H2,1H3. The van der Waals surface area contributed by atoms with Crippen LogP contribution in [-0.4, -0.2) is 18.1 Å². The molecule has 0 amide bonds. The summed E-state index contributed by atoms with van der Waals surface area (Å²) in [4.78, 5) is 10.4. The van der Waals surface area contributed by atoms with E-state index in [0.29, 0.717) is 5.75 Å². The van der Waals surface area contributed by atoms with Crippen molar-refractivity contribution in [1.82, 2.24) is 0 Å². The number of hydrogen-bond acceptors (Lipinski definition) is 4. The monoisotopic (exact) mass is 249 g/mol. The molecule has 0 aliphatic heterocycles. The van der Waals surface area contributed by atoms with Gasteiger partial charge in [-0.05, 0) is 37.5 Å². The van der Waals surface area contributed by atoms with Gasteiger partial charge in [0.05, 0.1) is 18.1 Å². The number of rotatable bonds is 4. The van der Waals surface area contributed by atoms with Crippen LogP contribution in [0.1, 0.15) is 19.3 Å². The normalized spacial score (nSPS) is 18.4. The van der Waals surface area contributed by atoms with Gasteiger partial charge in [-0.25, -0.2) is 0 Å². The summed E-state index contributed by atoms with van der Waals surface area (Å²) in [7, 11) is 1.41. The molecule has 1 unspecified atom stereocenters. The predicted molar refractivity (Wildman–Crippen MR) is 67.1 cm³/mol. The van der Waals surface area contributed by atoms with Gasteiger partial charge in [0.2, 0.25) is 0 Å². The molecule has 1 aliphatic rings. The number of nitro benzene ring substituents is 1. The summed E-state index contributed by atoms with van der Waals surface area (Å²) in [6, 6.07) is 4.65. The molecule has 1 atom stereocenters. The third kappa shape index (κ3) is 2.80. The Hall–Kier alpha value is -2.04. The van der Waals surface area contributed by atoms with Crippen LogP contribution in [0.15, 0.2) is 30.4 Å². The molecule has 0 N–H and O–H groups in total. The lowest BCUT2D eigenvalue weighted by molar-refractivity contribution is -0.385. The Kier molecular flexibility index (Phi) is 3.82. The maximum Gasteiger partial charge on any atom is 0.314 e. The molecule has 0 spiro atoms. The molecule has 0 saturated heterocycles. The fourth-order valence-corrected chi connectivity index (χ4v) is 1.94. The van der Waals surface area contributed by atoms with Gasteiger partial charge in [-0.3, -0.25) is 10.1 Å². The molecular formula is C13H15NO4. The first-order valence-electron chi connectivity index (χ1n) is 5.86. The van der Waals surface area contributed by atoms with Crippen LogP contribution in [0.4, 0.5) is 5.69 Å². The molecule has 0 aromatic heterocycles. The van der Waals surface area contributed by atoms with E-state index in [1.807, 2.05) is 6.08 Å². The molecule has 18 heavy (non-hydrogen) atoms. The van der Waals surface area contributed by atoms with Crippen LogP contribution in [0.5, 0.6) is 11.5 Å². The summed E-state index contributed by atoms with van der Waals surface area (Å²) in [5, 5.41) is 10.9. The van der Waals surface area contributed by atoms with Crippen molar-refractivity contribution >= 4 is 5.69 Å². The summed E-state index contributed by atoms with van der Waals surface area (Å²) in [6.07, 6.45) is 7.18. The maximum absolute atomic E-state index is 10.9. The first kappa shape index (κ1) is 12.4. The minimum atomic E-state index is -0.470. The SMILES string of the molecule is COc1ccc(OC2C=CCCC2)cc1[N+](=O)[O-]. The van der Waals surface area contributed by atoms with Crippen LogP contribution in [0.3, 0.4) is 0 Å². The smallest absolute Gasteiger partial charge is 0.314 e. The van der Waals surface area contributed by atoms with Crippen molar-refractivity contribution in [2.45, 2.75) is 25.4 Å².